The summed E-state index contributed by atoms with van der Waals surface area (Å²) >= 11 is 0. The Bertz CT molecular complexity index is 726. The predicted molar refractivity (Wildman–Crippen MR) is 102 cm³/mol. The Morgan fingerprint density at radius 2 is 1.54 bits per heavy atom. The van der Waals surface area contributed by atoms with E-state index in [4.69, 9.17) is 14.2 Å². The van der Waals surface area contributed by atoms with Crippen LogP contribution in [-0.2, 0) is 13.0 Å². The van der Waals surface area contributed by atoms with E-state index in [2.05, 4.69) is 12.2 Å². The maximum absolute atomic E-state index is 12.4. The van der Waals surface area contributed by atoms with Crippen LogP contribution in [0.25, 0.3) is 0 Å². The largest absolute Gasteiger partial charge is 0.496 e. The zero-order valence-corrected chi connectivity index (χ0v) is 15.9. The fraction of sp³-hybridized carbons (Fsp3) is 0.381. The molecule has 2 aromatic rings. The molecular formula is C21H27NO4. The second-order valence-electron chi connectivity index (χ2n) is 6.00. The molecule has 1 N–H and O–H groups in total. The minimum absolute atomic E-state index is 0.121. The lowest BCUT2D eigenvalue weighted by Gasteiger charge is -2.14. The Morgan fingerprint density at radius 1 is 0.923 bits per heavy atom. The molecule has 26 heavy (non-hydrogen) atoms. The first-order valence-electron chi connectivity index (χ1n) is 8.79. The van der Waals surface area contributed by atoms with E-state index >= 15 is 0 Å². The van der Waals surface area contributed by atoms with Gasteiger partial charge in [-0.1, -0.05) is 25.5 Å². The Morgan fingerprint density at radius 3 is 2.12 bits per heavy atom. The van der Waals surface area contributed by atoms with Crippen molar-refractivity contribution >= 4 is 5.91 Å². The van der Waals surface area contributed by atoms with Gasteiger partial charge in [-0.15, -0.1) is 0 Å². The highest BCUT2D eigenvalue weighted by atomic mass is 16.5. The minimum atomic E-state index is -0.121. The van der Waals surface area contributed by atoms with Crippen molar-refractivity contribution in [2.45, 2.75) is 32.7 Å². The summed E-state index contributed by atoms with van der Waals surface area (Å²) in [6.07, 6.45) is 3.36. The molecule has 0 saturated carbocycles. The summed E-state index contributed by atoms with van der Waals surface area (Å²) in [4.78, 5) is 12.4. The molecule has 0 bridgehead atoms. The number of amides is 1. The van der Waals surface area contributed by atoms with Gasteiger partial charge in [-0.05, 0) is 36.6 Å². The van der Waals surface area contributed by atoms with Crippen LogP contribution in [0, 0.1) is 0 Å². The summed E-state index contributed by atoms with van der Waals surface area (Å²) in [7, 11) is 4.73. The highest BCUT2D eigenvalue weighted by Crippen LogP contribution is 2.34. The molecule has 1 amide bonds. The lowest BCUT2D eigenvalue weighted by Crippen LogP contribution is -2.23. The number of unbranched alkanes of at least 4 members (excludes halogenated alkanes) is 1. The van der Waals surface area contributed by atoms with Crippen molar-refractivity contribution in [2.24, 2.45) is 0 Å². The van der Waals surface area contributed by atoms with E-state index in [1.54, 1.807) is 27.4 Å². The van der Waals surface area contributed by atoms with Crippen molar-refractivity contribution < 1.29 is 19.0 Å². The van der Waals surface area contributed by atoms with Gasteiger partial charge in [0.15, 0.2) is 11.5 Å². The monoisotopic (exact) mass is 357 g/mol. The summed E-state index contributed by atoms with van der Waals surface area (Å²) in [5.74, 6) is 1.70. The van der Waals surface area contributed by atoms with E-state index in [9.17, 15) is 4.79 Å². The van der Waals surface area contributed by atoms with Crippen LogP contribution >= 0.6 is 0 Å². The van der Waals surface area contributed by atoms with E-state index in [1.807, 2.05) is 30.3 Å². The van der Waals surface area contributed by atoms with E-state index in [0.29, 0.717) is 29.4 Å². The maximum atomic E-state index is 12.4. The summed E-state index contributed by atoms with van der Waals surface area (Å²) in [5.41, 5.74) is 2.72. The molecule has 0 radical (unpaired) electrons. The van der Waals surface area contributed by atoms with E-state index in [-0.39, 0.29) is 5.91 Å². The third-order valence-electron chi connectivity index (χ3n) is 4.26. The third kappa shape index (κ3) is 4.91. The lowest BCUT2D eigenvalue weighted by molar-refractivity contribution is 0.0950. The average Bonchev–Trinajstić information content (AvgIpc) is 2.69. The average molecular weight is 357 g/mol. The van der Waals surface area contributed by atoms with Gasteiger partial charge in [-0.25, -0.2) is 0 Å². The Hall–Kier alpha value is -2.69. The first-order chi connectivity index (χ1) is 12.6. The molecule has 140 valence electrons. The van der Waals surface area contributed by atoms with Crippen LogP contribution in [0.4, 0.5) is 0 Å². The Labute approximate surface area is 155 Å². The molecule has 0 fully saturated rings. The van der Waals surface area contributed by atoms with Crippen LogP contribution in [-0.4, -0.2) is 27.2 Å². The van der Waals surface area contributed by atoms with Gasteiger partial charge in [0.2, 0.25) is 0 Å². The van der Waals surface area contributed by atoms with Crippen molar-refractivity contribution in [1.82, 2.24) is 5.32 Å². The van der Waals surface area contributed by atoms with E-state index < -0.39 is 0 Å². The van der Waals surface area contributed by atoms with Gasteiger partial charge in [-0.2, -0.15) is 0 Å². The van der Waals surface area contributed by atoms with Crippen molar-refractivity contribution in [1.29, 1.82) is 0 Å². The number of hydrogen-bond acceptors (Lipinski definition) is 4. The molecule has 0 spiro atoms. The topological polar surface area (TPSA) is 56.8 Å². The number of carbonyl (C=O) groups excluding carboxylic acids is 1. The molecular weight excluding hydrogens is 330 g/mol. The smallest absolute Gasteiger partial charge is 0.251 e. The molecule has 2 aromatic carbocycles. The molecule has 0 aliphatic carbocycles. The van der Waals surface area contributed by atoms with Crippen LogP contribution < -0.4 is 19.5 Å². The van der Waals surface area contributed by atoms with Gasteiger partial charge >= 0.3 is 0 Å². The number of methoxy groups -OCH3 is 3. The number of benzene rings is 2. The second kappa shape index (κ2) is 9.70. The van der Waals surface area contributed by atoms with Crippen LogP contribution in [0.3, 0.4) is 0 Å². The van der Waals surface area contributed by atoms with Gasteiger partial charge < -0.3 is 19.5 Å². The lowest BCUT2D eigenvalue weighted by atomic mass is 10.1. The van der Waals surface area contributed by atoms with Gasteiger partial charge in [0, 0.05) is 23.7 Å². The fourth-order valence-electron chi connectivity index (χ4n) is 2.71. The Kier molecular flexibility index (Phi) is 7.33. The van der Waals surface area contributed by atoms with Crippen molar-refractivity contribution in [3.05, 3.63) is 53.1 Å². The summed E-state index contributed by atoms with van der Waals surface area (Å²) in [6.45, 7) is 2.50. The first kappa shape index (κ1) is 19.6. The molecule has 0 saturated heterocycles. The number of hydrogen-bond donors (Lipinski definition) is 1. The van der Waals surface area contributed by atoms with Crippen molar-refractivity contribution in [3.8, 4) is 17.2 Å². The molecule has 0 atom stereocenters. The predicted octanol–water partition coefficient (Wildman–Crippen LogP) is 3.99. The van der Waals surface area contributed by atoms with Crippen LogP contribution in [0.15, 0.2) is 36.4 Å². The first-order valence-corrected chi connectivity index (χ1v) is 8.79. The number of aryl methyl sites for hydroxylation is 1. The van der Waals surface area contributed by atoms with Crippen molar-refractivity contribution in [3.63, 3.8) is 0 Å². The molecule has 0 aliphatic rings. The molecule has 2 rings (SSSR count). The molecule has 0 aliphatic heterocycles. The van der Waals surface area contributed by atoms with Crippen LogP contribution in [0.5, 0.6) is 17.2 Å². The number of nitrogens with one attached hydrogen (secondary N) is 1. The van der Waals surface area contributed by atoms with Gasteiger partial charge in [0.25, 0.3) is 5.91 Å². The zero-order chi connectivity index (χ0) is 18.9. The van der Waals surface area contributed by atoms with Crippen LogP contribution in [0.1, 0.15) is 41.3 Å². The SMILES string of the molecule is CCCCc1ccc(C(=O)NCc2cc(OC)c(OC)cc2OC)cc1. The highest BCUT2D eigenvalue weighted by Gasteiger charge is 2.13. The van der Waals surface area contributed by atoms with Gasteiger partial charge in [0.05, 0.1) is 21.3 Å². The van der Waals surface area contributed by atoms with E-state index in [1.165, 1.54) is 5.56 Å². The number of rotatable bonds is 9. The fourth-order valence-corrected chi connectivity index (χ4v) is 2.71. The second-order valence-corrected chi connectivity index (χ2v) is 6.00. The molecule has 5 heteroatoms. The Balaban J connectivity index is 2.06. The summed E-state index contributed by atoms with van der Waals surface area (Å²) in [6, 6.07) is 11.3. The molecule has 0 unspecified atom stereocenters. The zero-order valence-electron chi connectivity index (χ0n) is 15.9. The van der Waals surface area contributed by atoms with Gasteiger partial charge in [0.1, 0.15) is 5.75 Å². The molecule has 0 heterocycles. The van der Waals surface area contributed by atoms with Crippen LogP contribution in [0.2, 0.25) is 0 Å². The maximum Gasteiger partial charge on any atom is 0.251 e. The number of carbonyl (C=O) groups is 1. The highest BCUT2D eigenvalue weighted by molar-refractivity contribution is 5.94. The summed E-state index contributed by atoms with van der Waals surface area (Å²) < 4.78 is 16.0. The van der Waals surface area contributed by atoms with E-state index in [0.717, 1.165) is 24.8 Å². The van der Waals surface area contributed by atoms with Crippen molar-refractivity contribution in [2.75, 3.05) is 21.3 Å². The molecule has 5 nitrogen and oxygen atoms in total. The quantitative estimate of drug-likeness (QED) is 0.737. The normalized spacial score (nSPS) is 10.3. The molecule has 0 aromatic heterocycles. The standard InChI is InChI=1S/C21H27NO4/c1-5-6-7-15-8-10-16(11-9-15)21(23)22-14-17-12-19(25-3)20(26-4)13-18(17)24-2/h8-13H,5-7,14H2,1-4H3,(H,22,23). The van der Waals surface area contributed by atoms with Gasteiger partial charge in [-0.3, -0.25) is 4.79 Å². The summed E-state index contributed by atoms with van der Waals surface area (Å²) in [5, 5.41) is 2.93. The number of ether oxygens (including phenoxy) is 3. The minimum Gasteiger partial charge on any atom is -0.496 e. The third-order valence-corrected chi connectivity index (χ3v) is 4.26.